The van der Waals surface area contributed by atoms with Crippen molar-refractivity contribution in [3.8, 4) is 5.75 Å². The molecule has 31 heavy (non-hydrogen) atoms. The highest BCUT2D eigenvalue weighted by Crippen LogP contribution is 2.22. The van der Waals surface area contributed by atoms with E-state index in [0.717, 1.165) is 0 Å². The van der Waals surface area contributed by atoms with Crippen LogP contribution in [0.25, 0.3) is 0 Å². The summed E-state index contributed by atoms with van der Waals surface area (Å²) in [4.78, 5) is 24.7. The number of aromatic nitrogens is 3. The number of hydrogen-bond acceptors (Lipinski definition) is 6. The summed E-state index contributed by atoms with van der Waals surface area (Å²) in [6.45, 7) is 0.373. The van der Waals surface area contributed by atoms with Crippen molar-refractivity contribution < 1.29 is 14.3 Å². The molecule has 2 aromatic carbocycles. The summed E-state index contributed by atoms with van der Waals surface area (Å²) in [6, 6.07) is 11.8. The Morgan fingerprint density at radius 3 is 2.65 bits per heavy atom. The normalized spacial score (nSPS) is 10.7. The lowest BCUT2D eigenvalue weighted by Crippen LogP contribution is -2.26. The number of hydrogen-bond donors (Lipinski definition) is 1. The van der Waals surface area contributed by atoms with Crippen LogP contribution in [0, 0.1) is 0 Å². The van der Waals surface area contributed by atoms with Crippen molar-refractivity contribution in [2.45, 2.75) is 11.6 Å². The van der Waals surface area contributed by atoms with Crippen molar-refractivity contribution in [2.24, 2.45) is 7.05 Å². The van der Waals surface area contributed by atoms with Gasteiger partial charge in [0.2, 0.25) is 0 Å². The van der Waals surface area contributed by atoms with Gasteiger partial charge in [-0.1, -0.05) is 47.1 Å². The van der Waals surface area contributed by atoms with Crippen LogP contribution in [0.15, 0.2) is 47.6 Å². The standard InChI is InChI=1S/C21H20Cl2N4O3S/c1-27-19(8-9-24-20(29)14-6-7-16(22)17(23)11-14)25-26-21(27)31-12-18(28)13-4-3-5-15(10-13)30-2/h3-7,10-11H,8-9,12H2,1-2H3,(H,24,29). The molecule has 0 aliphatic carbocycles. The van der Waals surface area contributed by atoms with E-state index >= 15 is 0 Å². The van der Waals surface area contributed by atoms with Crippen LogP contribution in [0.3, 0.4) is 0 Å². The van der Waals surface area contributed by atoms with Gasteiger partial charge in [-0.3, -0.25) is 9.59 Å². The van der Waals surface area contributed by atoms with E-state index in [-0.39, 0.29) is 17.4 Å². The minimum atomic E-state index is -0.251. The molecule has 1 N–H and O–H groups in total. The van der Waals surface area contributed by atoms with Crippen molar-refractivity contribution in [3.05, 3.63) is 69.5 Å². The van der Waals surface area contributed by atoms with Gasteiger partial charge in [0.05, 0.1) is 22.9 Å². The molecule has 0 aliphatic rings. The van der Waals surface area contributed by atoms with Gasteiger partial charge in [-0.25, -0.2) is 0 Å². The number of carbonyl (C=O) groups excluding carboxylic acids is 2. The SMILES string of the molecule is COc1cccc(C(=O)CSc2nnc(CCNC(=O)c3ccc(Cl)c(Cl)c3)n2C)c1. The Balaban J connectivity index is 1.52. The minimum absolute atomic E-state index is 0.0256. The molecule has 0 radical (unpaired) electrons. The lowest BCUT2D eigenvalue weighted by molar-refractivity contribution is 0.0953. The van der Waals surface area contributed by atoms with Crippen LogP contribution >= 0.6 is 35.0 Å². The first kappa shape index (κ1) is 23.1. The first-order chi connectivity index (χ1) is 14.9. The van der Waals surface area contributed by atoms with Gasteiger partial charge in [0, 0.05) is 31.1 Å². The number of nitrogens with one attached hydrogen (secondary N) is 1. The number of benzene rings is 2. The van der Waals surface area contributed by atoms with E-state index in [1.54, 1.807) is 43.5 Å². The van der Waals surface area contributed by atoms with Gasteiger partial charge in [0.1, 0.15) is 11.6 Å². The van der Waals surface area contributed by atoms with Gasteiger partial charge in [-0.2, -0.15) is 0 Å². The summed E-state index contributed by atoms with van der Waals surface area (Å²) in [5.41, 5.74) is 1.01. The number of amides is 1. The molecule has 0 spiro atoms. The van der Waals surface area contributed by atoms with E-state index < -0.39 is 0 Å². The van der Waals surface area contributed by atoms with Crippen LogP contribution in [-0.4, -0.2) is 45.9 Å². The van der Waals surface area contributed by atoms with E-state index in [2.05, 4.69) is 15.5 Å². The highest BCUT2D eigenvalue weighted by atomic mass is 35.5. The van der Waals surface area contributed by atoms with E-state index in [0.29, 0.717) is 50.9 Å². The molecule has 3 rings (SSSR count). The lowest BCUT2D eigenvalue weighted by Gasteiger charge is -2.07. The number of ketones is 1. The Bertz CT molecular complexity index is 1100. The lowest BCUT2D eigenvalue weighted by atomic mass is 10.1. The van der Waals surface area contributed by atoms with Crippen LogP contribution in [-0.2, 0) is 13.5 Å². The van der Waals surface area contributed by atoms with E-state index in [1.807, 2.05) is 11.6 Å². The molecule has 0 saturated heterocycles. The minimum Gasteiger partial charge on any atom is -0.497 e. The average molecular weight is 479 g/mol. The Kier molecular flexibility index (Phi) is 7.95. The van der Waals surface area contributed by atoms with E-state index in [9.17, 15) is 9.59 Å². The van der Waals surface area contributed by atoms with Crippen molar-refractivity contribution in [2.75, 3.05) is 19.4 Å². The van der Waals surface area contributed by atoms with Crippen molar-refractivity contribution in [1.82, 2.24) is 20.1 Å². The van der Waals surface area contributed by atoms with Gasteiger partial charge in [-0.05, 0) is 30.3 Å². The third-order valence-corrected chi connectivity index (χ3v) is 6.22. The Morgan fingerprint density at radius 2 is 1.90 bits per heavy atom. The number of carbonyl (C=O) groups is 2. The fourth-order valence-corrected chi connectivity index (χ4v) is 3.85. The molecule has 1 aromatic heterocycles. The maximum absolute atomic E-state index is 12.4. The molecule has 0 atom stereocenters. The van der Waals surface area contributed by atoms with Gasteiger partial charge >= 0.3 is 0 Å². The van der Waals surface area contributed by atoms with Gasteiger partial charge in [-0.15, -0.1) is 10.2 Å². The smallest absolute Gasteiger partial charge is 0.251 e. The zero-order chi connectivity index (χ0) is 22.4. The molecular formula is C21H20Cl2N4O3S. The number of nitrogens with zero attached hydrogens (tertiary/aromatic N) is 3. The molecule has 3 aromatic rings. The fraction of sp³-hybridized carbons (Fsp3) is 0.238. The largest absolute Gasteiger partial charge is 0.497 e. The third-order valence-electron chi connectivity index (χ3n) is 4.47. The Hall–Kier alpha value is -2.55. The average Bonchev–Trinajstić information content (AvgIpc) is 3.13. The first-order valence-corrected chi connectivity index (χ1v) is 11.0. The van der Waals surface area contributed by atoms with Crippen LogP contribution in [0.1, 0.15) is 26.5 Å². The highest BCUT2D eigenvalue weighted by Gasteiger charge is 2.14. The van der Waals surface area contributed by atoms with Crippen molar-refractivity contribution in [1.29, 1.82) is 0 Å². The zero-order valence-electron chi connectivity index (χ0n) is 16.9. The quantitative estimate of drug-likeness (QED) is 0.368. The maximum atomic E-state index is 12.4. The number of ether oxygens (including phenoxy) is 1. The molecule has 0 bridgehead atoms. The number of Topliss-reactive ketones (excluding diaryl/α,β-unsaturated/α-hetero) is 1. The van der Waals surface area contributed by atoms with E-state index in [4.69, 9.17) is 27.9 Å². The number of halogens is 2. The predicted octanol–water partition coefficient (Wildman–Crippen LogP) is 4.08. The molecule has 1 amide bonds. The monoisotopic (exact) mass is 478 g/mol. The topological polar surface area (TPSA) is 86.1 Å². The summed E-state index contributed by atoms with van der Waals surface area (Å²) in [6.07, 6.45) is 0.487. The van der Waals surface area contributed by atoms with Crippen molar-refractivity contribution in [3.63, 3.8) is 0 Å². The summed E-state index contributed by atoms with van der Waals surface area (Å²) >= 11 is 13.1. The number of methoxy groups -OCH3 is 1. The second-order valence-corrected chi connectivity index (χ2v) is 8.29. The molecule has 0 saturated carbocycles. The number of rotatable bonds is 9. The summed E-state index contributed by atoms with van der Waals surface area (Å²) < 4.78 is 6.97. The highest BCUT2D eigenvalue weighted by molar-refractivity contribution is 7.99. The van der Waals surface area contributed by atoms with Gasteiger partial charge in [0.15, 0.2) is 10.9 Å². The van der Waals surface area contributed by atoms with Crippen LogP contribution in [0.5, 0.6) is 5.75 Å². The second kappa shape index (κ2) is 10.7. The molecular weight excluding hydrogens is 459 g/mol. The molecule has 7 nitrogen and oxygen atoms in total. The molecule has 10 heteroatoms. The Labute approximate surface area is 194 Å². The predicted molar refractivity (Wildman–Crippen MR) is 122 cm³/mol. The van der Waals surface area contributed by atoms with Crippen molar-refractivity contribution >= 4 is 46.7 Å². The van der Waals surface area contributed by atoms with Crippen LogP contribution in [0.4, 0.5) is 0 Å². The summed E-state index contributed by atoms with van der Waals surface area (Å²) in [5, 5.41) is 12.5. The summed E-state index contributed by atoms with van der Waals surface area (Å²) in [7, 11) is 3.39. The van der Waals surface area contributed by atoms with Crippen LogP contribution < -0.4 is 10.1 Å². The number of thioether (sulfide) groups is 1. The fourth-order valence-electron chi connectivity index (χ4n) is 2.73. The molecule has 1 heterocycles. The van der Waals surface area contributed by atoms with Gasteiger partial charge in [0.25, 0.3) is 5.91 Å². The molecule has 0 unspecified atom stereocenters. The molecule has 0 fully saturated rings. The first-order valence-electron chi connectivity index (χ1n) is 9.30. The van der Waals surface area contributed by atoms with Gasteiger partial charge < -0.3 is 14.6 Å². The molecule has 0 aliphatic heterocycles. The van der Waals surface area contributed by atoms with E-state index in [1.165, 1.54) is 17.8 Å². The van der Waals surface area contributed by atoms with Crippen LogP contribution in [0.2, 0.25) is 10.0 Å². The third kappa shape index (κ3) is 6.00. The molecule has 162 valence electrons. The maximum Gasteiger partial charge on any atom is 0.251 e. The summed E-state index contributed by atoms with van der Waals surface area (Å²) in [5.74, 6) is 1.29. The Morgan fingerprint density at radius 1 is 1.10 bits per heavy atom. The zero-order valence-corrected chi connectivity index (χ0v) is 19.2. The second-order valence-electron chi connectivity index (χ2n) is 6.54.